The maximum Gasteiger partial charge on any atom is 0.292 e. The number of nitro benzene ring substituents is 1. The van der Waals surface area contributed by atoms with E-state index in [1.165, 1.54) is 6.07 Å². The maximum atomic E-state index is 11.2. The predicted octanol–water partition coefficient (Wildman–Crippen LogP) is 3.35. The quantitative estimate of drug-likeness (QED) is 0.678. The zero-order valence-corrected chi connectivity index (χ0v) is 12.1. The highest BCUT2D eigenvalue weighted by molar-refractivity contribution is 7.09. The van der Waals surface area contributed by atoms with Gasteiger partial charge in [0.25, 0.3) is 5.69 Å². The second kappa shape index (κ2) is 6.02. The highest BCUT2D eigenvalue weighted by atomic mass is 32.1. The summed E-state index contributed by atoms with van der Waals surface area (Å²) in [6, 6.07) is 8.80. The molecule has 1 aromatic carbocycles. The van der Waals surface area contributed by atoms with Crippen LogP contribution in [-0.2, 0) is 6.54 Å². The van der Waals surface area contributed by atoms with Crippen LogP contribution in [0.5, 0.6) is 0 Å². The van der Waals surface area contributed by atoms with Crippen molar-refractivity contribution >= 4 is 22.7 Å². The molecule has 106 valence electrons. The molecule has 0 saturated heterocycles. The Balaban J connectivity index is 2.32. The Hall–Kier alpha value is -1.92. The van der Waals surface area contributed by atoms with E-state index in [0.717, 1.165) is 4.88 Å². The van der Waals surface area contributed by atoms with Gasteiger partial charge in [0.05, 0.1) is 17.6 Å². The summed E-state index contributed by atoms with van der Waals surface area (Å²) in [7, 11) is 1.82. The third-order valence-corrected chi connectivity index (χ3v) is 3.92. The van der Waals surface area contributed by atoms with E-state index in [9.17, 15) is 15.2 Å². The molecule has 0 radical (unpaired) electrons. The number of benzene rings is 1. The number of aliphatic hydroxyl groups is 1. The number of anilines is 1. The lowest BCUT2D eigenvalue weighted by Crippen LogP contribution is -2.17. The lowest BCUT2D eigenvalue weighted by atomic mass is 10.1. The van der Waals surface area contributed by atoms with Gasteiger partial charge in [-0.15, -0.1) is 11.3 Å². The predicted molar refractivity (Wildman–Crippen MR) is 80.2 cm³/mol. The van der Waals surface area contributed by atoms with Crippen LogP contribution in [0.1, 0.15) is 23.5 Å². The Bertz CT molecular complexity index is 596. The summed E-state index contributed by atoms with van der Waals surface area (Å²) in [5, 5.41) is 22.7. The molecule has 0 bridgehead atoms. The zero-order chi connectivity index (χ0) is 14.7. The van der Waals surface area contributed by atoms with Crippen molar-refractivity contribution in [2.45, 2.75) is 19.6 Å². The average Bonchev–Trinajstić information content (AvgIpc) is 2.90. The Morgan fingerprint density at radius 1 is 1.45 bits per heavy atom. The van der Waals surface area contributed by atoms with Crippen LogP contribution in [0, 0.1) is 10.1 Å². The molecule has 0 spiro atoms. The lowest BCUT2D eigenvalue weighted by molar-refractivity contribution is -0.384. The number of aliphatic hydroxyl groups excluding tert-OH is 1. The Morgan fingerprint density at radius 2 is 2.20 bits per heavy atom. The van der Waals surface area contributed by atoms with E-state index in [1.807, 2.05) is 29.5 Å². The summed E-state index contributed by atoms with van der Waals surface area (Å²) in [5.74, 6) is 0. The number of rotatable bonds is 5. The molecule has 1 heterocycles. The molecule has 0 fully saturated rings. The Labute approximate surface area is 121 Å². The standard InChI is InChI=1S/C14H16N2O3S/c1-10(17)11-5-6-13(14(8-11)16(18)19)15(2)9-12-4-3-7-20-12/h3-8,10,17H,9H2,1-2H3/t10-/m1/s1. The summed E-state index contributed by atoms with van der Waals surface area (Å²) >= 11 is 1.62. The summed E-state index contributed by atoms with van der Waals surface area (Å²) in [4.78, 5) is 13.8. The fourth-order valence-corrected chi connectivity index (χ4v) is 2.75. The van der Waals surface area contributed by atoms with Crippen LogP contribution in [0.15, 0.2) is 35.7 Å². The molecule has 2 aromatic rings. The van der Waals surface area contributed by atoms with Crippen molar-refractivity contribution in [1.29, 1.82) is 0 Å². The fourth-order valence-electron chi connectivity index (χ4n) is 1.99. The Morgan fingerprint density at radius 3 is 2.75 bits per heavy atom. The van der Waals surface area contributed by atoms with E-state index in [2.05, 4.69) is 0 Å². The van der Waals surface area contributed by atoms with E-state index in [4.69, 9.17) is 0 Å². The molecule has 0 aliphatic heterocycles. The molecule has 0 aliphatic carbocycles. The Kier molecular flexibility index (Phi) is 4.36. The number of thiophene rings is 1. The molecule has 1 atom stereocenters. The van der Waals surface area contributed by atoms with E-state index >= 15 is 0 Å². The molecule has 0 amide bonds. The molecule has 1 aromatic heterocycles. The number of hydrogen-bond donors (Lipinski definition) is 1. The van der Waals surface area contributed by atoms with Crippen molar-refractivity contribution in [3.8, 4) is 0 Å². The van der Waals surface area contributed by atoms with Gasteiger partial charge in [-0.2, -0.15) is 0 Å². The van der Waals surface area contributed by atoms with Crippen LogP contribution >= 0.6 is 11.3 Å². The van der Waals surface area contributed by atoms with Gasteiger partial charge < -0.3 is 10.0 Å². The van der Waals surface area contributed by atoms with Gasteiger partial charge >= 0.3 is 0 Å². The minimum absolute atomic E-state index is 0.0162. The average molecular weight is 292 g/mol. The molecule has 0 unspecified atom stereocenters. The van der Waals surface area contributed by atoms with Crippen LogP contribution in [0.25, 0.3) is 0 Å². The van der Waals surface area contributed by atoms with Crippen molar-refractivity contribution in [2.24, 2.45) is 0 Å². The van der Waals surface area contributed by atoms with Gasteiger partial charge in [0, 0.05) is 18.0 Å². The fraction of sp³-hybridized carbons (Fsp3) is 0.286. The number of nitro groups is 1. The summed E-state index contributed by atoms with van der Waals surface area (Å²) in [5.41, 5.74) is 1.11. The monoisotopic (exact) mass is 292 g/mol. The summed E-state index contributed by atoms with van der Waals surface area (Å²) in [6.45, 7) is 2.21. The first kappa shape index (κ1) is 14.5. The third kappa shape index (κ3) is 3.15. The number of nitrogens with zero attached hydrogens (tertiary/aromatic N) is 2. The third-order valence-electron chi connectivity index (χ3n) is 3.06. The first-order valence-corrected chi connectivity index (χ1v) is 7.07. The minimum atomic E-state index is -0.717. The minimum Gasteiger partial charge on any atom is -0.389 e. The first-order chi connectivity index (χ1) is 9.49. The van der Waals surface area contributed by atoms with E-state index < -0.39 is 11.0 Å². The van der Waals surface area contributed by atoms with Gasteiger partial charge in [-0.3, -0.25) is 10.1 Å². The molecule has 0 aliphatic rings. The highest BCUT2D eigenvalue weighted by Gasteiger charge is 2.19. The molecular formula is C14H16N2O3S. The maximum absolute atomic E-state index is 11.2. The van der Waals surface area contributed by atoms with Gasteiger partial charge in [-0.1, -0.05) is 12.1 Å². The molecule has 1 N–H and O–H groups in total. The molecular weight excluding hydrogens is 276 g/mol. The smallest absolute Gasteiger partial charge is 0.292 e. The largest absolute Gasteiger partial charge is 0.389 e. The van der Waals surface area contributed by atoms with Crippen LogP contribution in [0.3, 0.4) is 0 Å². The van der Waals surface area contributed by atoms with E-state index in [-0.39, 0.29) is 5.69 Å². The van der Waals surface area contributed by atoms with E-state index in [1.54, 1.807) is 30.4 Å². The van der Waals surface area contributed by atoms with Crippen LogP contribution in [-0.4, -0.2) is 17.1 Å². The van der Waals surface area contributed by atoms with Crippen molar-refractivity contribution in [3.63, 3.8) is 0 Å². The van der Waals surface area contributed by atoms with Crippen molar-refractivity contribution < 1.29 is 10.0 Å². The second-order valence-electron chi connectivity index (χ2n) is 4.62. The van der Waals surface area contributed by atoms with Crippen molar-refractivity contribution in [3.05, 3.63) is 56.3 Å². The van der Waals surface area contributed by atoms with Crippen LogP contribution in [0.2, 0.25) is 0 Å². The summed E-state index contributed by atoms with van der Waals surface area (Å²) < 4.78 is 0. The van der Waals surface area contributed by atoms with Gasteiger partial charge in [0.2, 0.25) is 0 Å². The van der Waals surface area contributed by atoms with Crippen molar-refractivity contribution in [2.75, 3.05) is 11.9 Å². The summed E-state index contributed by atoms with van der Waals surface area (Å²) in [6.07, 6.45) is -0.717. The molecule has 20 heavy (non-hydrogen) atoms. The van der Waals surface area contributed by atoms with Crippen LogP contribution < -0.4 is 4.90 Å². The zero-order valence-electron chi connectivity index (χ0n) is 11.3. The van der Waals surface area contributed by atoms with Gasteiger partial charge in [-0.05, 0) is 30.0 Å². The molecule has 5 nitrogen and oxygen atoms in total. The van der Waals surface area contributed by atoms with Gasteiger partial charge in [0.1, 0.15) is 5.69 Å². The van der Waals surface area contributed by atoms with Gasteiger partial charge in [0.15, 0.2) is 0 Å². The molecule has 6 heteroatoms. The van der Waals surface area contributed by atoms with Gasteiger partial charge in [-0.25, -0.2) is 0 Å². The molecule has 2 rings (SSSR count). The lowest BCUT2D eigenvalue weighted by Gasteiger charge is -2.19. The normalized spacial score (nSPS) is 12.2. The van der Waals surface area contributed by atoms with Crippen LogP contribution in [0.4, 0.5) is 11.4 Å². The SMILES string of the molecule is C[C@@H](O)c1ccc(N(C)Cc2cccs2)c([N+](=O)[O-])c1. The second-order valence-corrected chi connectivity index (χ2v) is 5.65. The first-order valence-electron chi connectivity index (χ1n) is 6.19. The topological polar surface area (TPSA) is 66.6 Å². The highest BCUT2D eigenvalue weighted by Crippen LogP contribution is 2.31. The van der Waals surface area contributed by atoms with Crippen molar-refractivity contribution in [1.82, 2.24) is 0 Å². The molecule has 0 saturated carbocycles. The number of hydrogen-bond acceptors (Lipinski definition) is 5. The van der Waals surface area contributed by atoms with E-state index in [0.29, 0.717) is 17.8 Å².